The van der Waals surface area contributed by atoms with Crippen LogP contribution in [0.25, 0.3) is 11.1 Å². The molecule has 1 aliphatic heterocycles. The molecule has 3 rings (SSSR count). The van der Waals surface area contributed by atoms with E-state index in [1.54, 1.807) is 0 Å². The van der Waals surface area contributed by atoms with Crippen LogP contribution in [-0.4, -0.2) is 35.2 Å². The fraction of sp³-hybridized carbons (Fsp3) is 0.400. The number of nitrogen functional groups attached to an aromatic ring is 1. The minimum atomic E-state index is 0.627. The van der Waals surface area contributed by atoms with Crippen LogP contribution in [0.4, 0.5) is 5.82 Å². The van der Waals surface area contributed by atoms with E-state index in [0.29, 0.717) is 11.7 Å². The maximum atomic E-state index is 5.97. The van der Waals surface area contributed by atoms with E-state index in [1.165, 1.54) is 37.1 Å². The highest BCUT2D eigenvalue weighted by Crippen LogP contribution is 2.36. The van der Waals surface area contributed by atoms with E-state index in [4.69, 9.17) is 5.73 Å². The van der Waals surface area contributed by atoms with Crippen LogP contribution in [0.2, 0.25) is 0 Å². The highest BCUT2D eigenvalue weighted by molar-refractivity contribution is 5.76. The first-order valence-corrected chi connectivity index (χ1v) is 6.82. The van der Waals surface area contributed by atoms with E-state index in [1.807, 2.05) is 6.20 Å². The first-order valence-electron chi connectivity index (χ1n) is 6.82. The molecule has 0 amide bonds. The first-order chi connectivity index (χ1) is 9.25. The average molecular weight is 256 g/mol. The van der Waals surface area contributed by atoms with Gasteiger partial charge in [-0.3, -0.25) is 5.10 Å². The monoisotopic (exact) mass is 256 g/mol. The molecule has 19 heavy (non-hydrogen) atoms. The van der Waals surface area contributed by atoms with Crippen molar-refractivity contribution in [2.45, 2.75) is 18.8 Å². The summed E-state index contributed by atoms with van der Waals surface area (Å²) in [4.78, 5) is 2.39. The number of piperidine rings is 1. The van der Waals surface area contributed by atoms with Crippen LogP contribution in [0.5, 0.6) is 0 Å². The van der Waals surface area contributed by atoms with Crippen molar-refractivity contribution in [3.63, 3.8) is 0 Å². The van der Waals surface area contributed by atoms with Crippen LogP contribution in [0.15, 0.2) is 30.5 Å². The van der Waals surface area contributed by atoms with Gasteiger partial charge in [0.2, 0.25) is 0 Å². The van der Waals surface area contributed by atoms with Crippen molar-refractivity contribution in [1.82, 2.24) is 15.1 Å². The summed E-state index contributed by atoms with van der Waals surface area (Å²) in [7, 11) is 2.19. The van der Waals surface area contributed by atoms with Crippen LogP contribution in [0.3, 0.4) is 0 Å². The number of rotatable bonds is 2. The molecule has 1 fully saturated rings. The second-order valence-corrected chi connectivity index (χ2v) is 5.36. The number of aromatic amines is 1. The molecule has 0 spiro atoms. The number of anilines is 1. The molecule has 0 aliphatic carbocycles. The van der Waals surface area contributed by atoms with Crippen molar-refractivity contribution in [2.75, 3.05) is 25.9 Å². The number of hydrogen-bond donors (Lipinski definition) is 2. The number of H-pyrrole nitrogens is 1. The molecule has 2 heterocycles. The molecular formula is C15H20N4. The Morgan fingerprint density at radius 2 is 1.95 bits per heavy atom. The molecule has 0 saturated carbocycles. The predicted octanol–water partition coefficient (Wildman–Crippen LogP) is 2.47. The third-order valence-corrected chi connectivity index (χ3v) is 4.08. The summed E-state index contributed by atoms with van der Waals surface area (Å²) >= 11 is 0. The number of likely N-dealkylation sites (tertiary alicyclic amines) is 1. The van der Waals surface area contributed by atoms with Crippen molar-refractivity contribution >= 4 is 5.82 Å². The molecular weight excluding hydrogens is 236 g/mol. The van der Waals surface area contributed by atoms with Gasteiger partial charge in [-0.25, -0.2) is 0 Å². The van der Waals surface area contributed by atoms with Gasteiger partial charge in [0.05, 0.1) is 6.20 Å². The van der Waals surface area contributed by atoms with E-state index in [0.717, 1.165) is 5.56 Å². The van der Waals surface area contributed by atoms with E-state index < -0.39 is 0 Å². The minimum Gasteiger partial charge on any atom is -0.384 e. The van der Waals surface area contributed by atoms with Gasteiger partial charge in [0.25, 0.3) is 0 Å². The Balaban J connectivity index is 1.96. The number of hydrogen-bond acceptors (Lipinski definition) is 3. The maximum absolute atomic E-state index is 5.97. The molecule has 0 bridgehead atoms. The summed E-state index contributed by atoms with van der Waals surface area (Å²) in [5.74, 6) is 1.28. The van der Waals surface area contributed by atoms with Crippen molar-refractivity contribution in [3.8, 4) is 11.1 Å². The average Bonchev–Trinajstić information content (AvgIpc) is 2.86. The number of nitrogens with one attached hydrogen (secondary N) is 1. The Hall–Kier alpha value is -1.81. The van der Waals surface area contributed by atoms with Crippen LogP contribution in [0, 0.1) is 0 Å². The van der Waals surface area contributed by atoms with Gasteiger partial charge in [-0.1, -0.05) is 24.3 Å². The SMILES string of the molecule is CN1CCC(c2ccccc2-c2cn[nH]c2N)CC1. The molecule has 0 unspecified atom stereocenters. The molecule has 1 aliphatic rings. The molecule has 1 aromatic heterocycles. The number of nitrogens with zero attached hydrogens (tertiary/aromatic N) is 2. The second kappa shape index (κ2) is 5.05. The van der Waals surface area contributed by atoms with E-state index in [-0.39, 0.29) is 0 Å². The third kappa shape index (κ3) is 2.36. The molecule has 1 aromatic carbocycles. The summed E-state index contributed by atoms with van der Waals surface area (Å²) in [6, 6.07) is 8.57. The zero-order chi connectivity index (χ0) is 13.2. The lowest BCUT2D eigenvalue weighted by Gasteiger charge is -2.30. The molecule has 0 radical (unpaired) electrons. The van der Waals surface area contributed by atoms with Gasteiger partial charge in [-0.05, 0) is 50.0 Å². The van der Waals surface area contributed by atoms with Crippen molar-refractivity contribution in [3.05, 3.63) is 36.0 Å². The molecule has 100 valence electrons. The highest BCUT2D eigenvalue weighted by atomic mass is 15.1. The maximum Gasteiger partial charge on any atom is 0.126 e. The van der Waals surface area contributed by atoms with Gasteiger partial charge in [0.15, 0.2) is 0 Å². The van der Waals surface area contributed by atoms with Crippen LogP contribution >= 0.6 is 0 Å². The van der Waals surface area contributed by atoms with E-state index >= 15 is 0 Å². The Bertz CT molecular complexity index is 553. The van der Waals surface area contributed by atoms with E-state index in [2.05, 4.69) is 46.4 Å². The Morgan fingerprint density at radius 3 is 2.63 bits per heavy atom. The second-order valence-electron chi connectivity index (χ2n) is 5.36. The predicted molar refractivity (Wildman–Crippen MR) is 77.9 cm³/mol. The molecule has 3 N–H and O–H groups in total. The summed E-state index contributed by atoms with van der Waals surface area (Å²) in [5, 5.41) is 6.86. The number of aromatic nitrogens is 2. The number of nitrogens with two attached hydrogens (primary N) is 1. The van der Waals surface area contributed by atoms with Gasteiger partial charge in [0, 0.05) is 5.56 Å². The lowest BCUT2D eigenvalue weighted by molar-refractivity contribution is 0.255. The smallest absolute Gasteiger partial charge is 0.126 e. The van der Waals surface area contributed by atoms with Gasteiger partial charge in [0.1, 0.15) is 5.82 Å². The Kier molecular flexibility index (Phi) is 3.25. The minimum absolute atomic E-state index is 0.627. The standard InChI is InChI=1S/C15H20N4/c1-19-8-6-11(7-9-19)12-4-2-3-5-13(12)14-10-17-18-15(14)16/h2-5,10-11H,6-9H2,1H3,(H3,16,17,18). The third-order valence-electron chi connectivity index (χ3n) is 4.08. The summed E-state index contributed by atoms with van der Waals surface area (Å²) in [6.07, 6.45) is 4.25. The van der Waals surface area contributed by atoms with Gasteiger partial charge in [-0.15, -0.1) is 0 Å². The molecule has 4 nitrogen and oxygen atoms in total. The zero-order valence-electron chi connectivity index (χ0n) is 11.3. The normalized spacial score (nSPS) is 17.7. The largest absolute Gasteiger partial charge is 0.384 e. The van der Waals surface area contributed by atoms with E-state index in [9.17, 15) is 0 Å². The van der Waals surface area contributed by atoms with Gasteiger partial charge < -0.3 is 10.6 Å². The zero-order valence-corrected chi connectivity index (χ0v) is 11.3. The lowest BCUT2D eigenvalue weighted by atomic mass is 9.85. The van der Waals surface area contributed by atoms with Crippen molar-refractivity contribution in [1.29, 1.82) is 0 Å². The first kappa shape index (κ1) is 12.2. The summed E-state index contributed by atoms with van der Waals surface area (Å²) in [6.45, 7) is 2.33. The summed E-state index contributed by atoms with van der Waals surface area (Å²) < 4.78 is 0. The Morgan fingerprint density at radius 1 is 1.21 bits per heavy atom. The summed E-state index contributed by atoms with van der Waals surface area (Å²) in [5.41, 5.74) is 9.62. The molecule has 0 atom stereocenters. The fourth-order valence-corrected chi connectivity index (χ4v) is 2.93. The Labute approximate surface area is 113 Å². The van der Waals surface area contributed by atoms with Crippen LogP contribution in [-0.2, 0) is 0 Å². The molecule has 4 heteroatoms. The van der Waals surface area contributed by atoms with Crippen LogP contribution < -0.4 is 5.73 Å². The van der Waals surface area contributed by atoms with Gasteiger partial charge in [-0.2, -0.15) is 5.10 Å². The number of benzene rings is 1. The van der Waals surface area contributed by atoms with Crippen LogP contribution in [0.1, 0.15) is 24.3 Å². The quantitative estimate of drug-likeness (QED) is 0.867. The highest BCUT2D eigenvalue weighted by Gasteiger charge is 2.21. The topological polar surface area (TPSA) is 57.9 Å². The molecule has 2 aromatic rings. The van der Waals surface area contributed by atoms with Crippen molar-refractivity contribution < 1.29 is 0 Å². The fourth-order valence-electron chi connectivity index (χ4n) is 2.93. The molecule has 1 saturated heterocycles. The van der Waals surface area contributed by atoms with Crippen molar-refractivity contribution in [2.24, 2.45) is 0 Å². The lowest BCUT2D eigenvalue weighted by Crippen LogP contribution is -2.29. The van der Waals surface area contributed by atoms with Gasteiger partial charge >= 0.3 is 0 Å².